The zero-order valence-electron chi connectivity index (χ0n) is 10.2. The number of aliphatic hydroxyl groups excluding tert-OH is 1. The van der Waals surface area contributed by atoms with Crippen LogP contribution in [0.1, 0.15) is 24.2 Å². The van der Waals surface area contributed by atoms with Gasteiger partial charge >= 0.3 is 0 Å². The maximum atomic E-state index is 12.8. The Labute approximate surface area is 106 Å². The molecule has 0 aromatic heterocycles. The second-order valence-electron chi connectivity index (χ2n) is 4.25. The Balaban J connectivity index is 2.20. The van der Waals surface area contributed by atoms with Crippen LogP contribution in [0.5, 0.6) is 0 Å². The lowest BCUT2D eigenvalue weighted by molar-refractivity contribution is 0.217. The first-order chi connectivity index (χ1) is 8.66. The van der Waals surface area contributed by atoms with Crippen molar-refractivity contribution in [3.63, 3.8) is 0 Å². The largest absolute Gasteiger partial charge is 0.384 e. The number of aliphatic hydroxyl groups is 1. The SMILES string of the molecule is C/C(=C\c1ccc(F)cc1)[C@@H](O)c1ccccc1. The Kier molecular flexibility index (Phi) is 3.90. The second-order valence-corrected chi connectivity index (χ2v) is 4.25. The third-order valence-electron chi connectivity index (χ3n) is 2.81. The van der Waals surface area contributed by atoms with Gasteiger partial charge < -0.3 is 5.11 Å². The van der Waals surface area contributed by atoms with E-state index in [4.69, 9.17) is 0 Å². The number of halogens is 1. The molecule has 2 rings (SSSR count). The summed E-state index contributed by atoms with van der Waals surface area (Å²) >= 11 is 0. The standard InChI is InChI=1S/C16H15FO/c1-12(11-13-7-9-15(17)10-8-13)16(18)14-5-3-2-4-6-14/h2-11,16,18H,1H3/b12-11+/t16-/m1/s1. The van der Waals surface area contributed by atoms with Gasteiger partial charge in [0, 0.05) is 0 Å². The van der Waals surface area contributed by atoms with Gasteiger partial charge in [-0.3, -0.25) is 0 Å². The van der Waals surface area contributed by atoms with Crippen LogP contribution >= 0.6 is 0 Å². The van der Waals surface area contributed by atoms with Gasteiger partial charge in [-0.25, -0.2) is 4.39 Å². The molecule has 2 aromatic rings. The third-order valence-corrected chi connectivity index (χ3v) is 2.81. The van der Waals surface area contributed by atoms with E-state index in [2.05, 4.69) is 0 Å². The fraction of sp³-hybridized carbons (Fsp3) is 0.125. The Bertz CT molecular complexity index is 529. The van der Waals surface area contributed by atoms with E-state index in [0.717, 1.165) is 16.7 Å². The van der Waals surface area contributed by atoms with E-state index in [0.29, 0.717) is 0 Å². The minimum atomic E-state index is -0.628. The molecule has 1 nitrogen and oxygen atoms in total. The van der Waals surface area contributed by atoms with Crippen LogP contribution in [-0.4, -0.2) is 5.11 Å². The van der Waals surface area contributed by atoms with Crippen molar-refractivity contribution in [2.45, 2.75) is 13.0 Å². The molecule has 1 atom stereocenters. The zero-order valence-corrected chi connectivity index (χ0v) is 10.2. The van der Waals surface area contributed by atoms with Crippen molar-refractivity contribution in [1.82, 2.24) is 0 Å². The number of hydrogen-bond acceptors (Lipinski definition) is 1. The average Bonchev–Trinajstić information content (AvgIpc) is 2.41. The Morgan fingerprint density at radius 1 is 1.06 bits per heavy atom. The fourth-order valence-corrected chi connectivity index (χ4v) is 1.80. The van der Waals surface area contributed by atoms with Crippen LogP contribution in [0.4, 0.5) is 4.39 Å². The smallest absolute Gasteiger partial charge is 0.123 e. The van der Waals surface area contributed by atoms with E-state index in [1.165, 1.54) is 12.1 Å². The van der Waals surface area contributed by atoms with Crippen LogP contribution in [0, 0.1) is 5.82 Å². The number of benzene rings is 2. The molecular weight excluding hydrogens is 227 g/mol. The summed E-state index contributed by atoms with van der Waals surface area (Å²) in [7, 11) is 0. The van der Waals surface area contributed by atoms with Crippen LogP contribution in [0.3, 0.4) is 0 Å². The molecule has 0 aliphatic rings. The van der Waals surface area contributed by atoms with E-state index in [-0.39, 0.29) is 5.82 Å². The molecule has 0 spiro atoms. The summed E-state index contributed by atoms with van der Waals surface area (Å²) in [5.74, 6) is -0.256. The molecule has 0 bridgehead atoms. The molecule has 0 aliphatic carbocycles. The van der Waals surface area contributed by atoms with Crippen molar-refractivity contribution in [3.05, 3.63) is 77.1 Å². The topological polar surface area (TPSA) is 20.2 Å². The minimum Gasteiger partial charge on any atom is -0.384 e. The number of rotatable bonds is 3. The van der Waals surface area contributed by atoms with Gasteiger partial charge in [0.15, 0.2) is 0 Å². The molecule has 2 aromatic carbocycles. The first-order valence-corrected chi connectivity index (χ1v) is 5.83. The van der Waals surface area contributed by atoms with E-state index >= 15 is 0 Å². The van der Waals surface area contributed by atoms with Gasteiger partial charge in [0.2, 0.25) is 0 Å². The molecule has 0 amide bonds. The average molecular weight is 242 g/mol. The van der Waals surface area contributed by atoms with Gasteiger partial charge in [-0.2, -0.15) is 0 Å². The predicted molar refractivity (Wildman–Crippen MR) is 71.5 cm³/mol. The maximum Gasteiger partial charge on any atom is 0.123 e. The second kappa shape index (κ2) is 5.61. The third kappa shape index (κ3) is 3.05. The molecular formula is C16H15FO. The summed E-state index contributed by atoms with van der Waals surface area (Å²) in [5.41, 5.74) is 2.56. The number of hydrogen-bond donors (Lipinski definition) is 1. The van der Waals surface area contributed by atoms with Crippen LogP contribution in [0.2, 0.25) is 0 Å². The fourth-order valence-electron chi connectivity index (χ4n) is 1.80. The summed E-state index contributed by atoms with van der Waals surface area (Å²) < 4.78 is 12.8. The maximum absolute atomic E-state index is 12.8. The summed E-state index contributed by atoms with van der Waals surface area (Å²) in [6, 6.07) is 15.7. The van der Waals surface area contributed by atoms with Crippen LogP contribution in [-0.2, 0) is 0 Å². The van der Waals surface area contributed by atoms with Crippen molar-refractivity contribution in [2.75, 3.05) is 0 Å². The molecule has 0 radical (unpaired) electrons. The van der Waals surface area contributed by atoms with Crippen molar-refractivity contribution in [1.29, 1.82) is 0 Å². The van der Waals surface area contributed by atoms with Crippen molar-refractivity contribution < 1.29 is 9.50 Å². The van der Waals surface area contributed by atoms with Crippen molar-refractivity contribution >= 4 is 6.08 Å². The summed E-state index contributed by atoms with van der Waals surface area (Å²) in [5, 5.41) is 10.2. The van der Waals surface area contributed by atoms with Crippen molar-refractivity contribution in [2.24, 2.45) is 0 Å². The lowest BCUT2D eigenvalue weighted by Crippen LogP contribution is -1.98. The molecule has 1 N–H and O–H groups in total. The van der Waals surface area contributed by atoms with Gasteiger partial charge in [-0.1, -0.05) is 48.5 Å². The zero-order chi connectivity index (χ0) is 13.0. The lowest BCUT2D eigenvalue weighted by Gasteiger charge is -2.11. The van der Waals surface area contributed by atoms with Gasteiger partial charge in [0.05, 0.1) is 0 Å². The first-order valence-electron chi connectivity index (χ1n) is 5.83. The molecule has 0 heterocycles. The van der Waals surface area contributed by atoms with Gasteiger partial charge in [0.1, 0.15) is 11.9 Å². The highest BCUT2D eigenvalue weighted by molar-refractivity contribution is 5.54. The molecule has 92 valence electrons. The monoisotopic (exact) mass is 242 g/mol. The predicted octanol–water partition coefficient (Wildman–Crippen LogP) is 3.96. The summed E-state index contributed by atoms with van der Waals surface area (Å²) in [6.45, 7) is 1.86. The van der Waals surface area contributed by atoms with E-state index < -0.39 is 6.10 Å². The minimum absolute atomic E-state index is 0.256. The molecule has 0 fully saturated rings. The summed E-state index contributed by atoms with van der Waals surface area (Å²) in [6.07, 6.45) is 1.23. The molecule has 18 heavy (non-hydrogen) atoms. The highest BCUT2D eigenvalue weighted by atomic mass is 19.1. The first kappa shape index (κ1) is 12.5. The normalized spacial score (nSPS) is 13.4. The highest BCUT2D eigenvalue weighted by Crippen LogP contribution is 2.22. The molecule has 2 heteroatoms. The lowest BCUT2D eigenvalue weighted by atomic mass is 10.0. The van der Waals surface area contributed by atoms with Gasteiger partial charge in [0.25, 0.3) is 0 Å². The van der Waals surface area contributed by atoms with Crippen LogP contribution < -0.4 is 0 Å². The van der Waals surface area contributed by atoms with E-state index in [1.54, 1.807) is 12.1 Å². The van der Waals surface area contributed by atoms with Gasteiger partial charge in [-0.15, -0.1) is 0 Å². The van der Waals surface area contributed by atoms with Crippen LogP contribution in [0.15, 0.2) is 60.2 Å². The molecule has 0 aliphatic heterocycles. The van der Waals surface area contributed by atoms with Crippen molar-refractivity contribution in [3.8, 4) is 0 Å². The molecule has 0 unspecified atom stereocenters. The van der Waals surface area contributed by atoms with E-state index in [1.807, 2.05) is 43.3 Å². The Morgan fingerprint density at radius 2 is 1.67 bits per heavy atom. The van der Waals surface area contributed by atoms with Gasteiger partial charge in [-0.05, 0) is 35.8 Å². The van der Waals surface area contributed by atoms with Crippen LogP contribution in [0.25, 0.3) is 6.08 Å². The summed E-state index contributed by atoms with van der Waals surface area (Å²) in [4.78, 5) is 0. The Hall–Kier alpha value is -1.93. The molecule has 0 saturated carbocycles. The quantitative estimate of drug-likeness (QED) is 0.863. The molecule has 0 saturated heterocycles. The van der Waals surface area contributed by atoms with E-state index in [9.17, 15) is 9.50 Å². The highest BCUT2D eigenvalue weighted by Gasteiger charge is 2.08. The Morgan fingerprint density at radius 3 is 2.28 bits per heavy atom.